The number of nitrogens with one attached hydrogen (secondary N) is 1. The number of rotatable bonds is 4. The molecule has 0 radical (unpaired) electrons. The lowest BCUT2D eigenvalue weighted by Crippen LogP contribution is -2.21. The average Bonchev–Trinajstić information content (AvgIpc) is 2.18. The van der Waals surface area contributed by atoms with Crippen LogP contribution in [0, 0.1) is 5.92 Å². The summed E-state index contributed by atoms with van der Waals surface area (Å²) in [6.07, 6.45) is 0. The molecule has 14 heavy (non-hydrogen) atoms. The molecule has 0 aliphatic carbocycles. The fraction of sp³-hybridized carbons (Fsp3) is 0.500. The molecule has 0 aromatic heterocycles. The molecular formula is C12H19NO. The quantitative estimate of drug-likeness (QED) is 0.793. The first-order valence-corrected chi connectivity index (χ1v) is 5.04. The van der Waals surface area contributed by atoms with Gasteiger partial charge >= 0.3 is 0 Å². The first-order chi connectivity index (χ1) is 6.63. The van der Waals surface area contributed by atoms with Crippen molar-refractivity contribution in [3.63, 3.8) is 0 Å². The number of hydrogen-bond donors (Lipinski definition) is 1. The summed E-state index contributed by atoms with van der Waals surface area (Å²) >= 11 is 0. The first kappa shape index (κ1) is 10.9. The molecule has 0 aliphatic heterocycles. The smallest absolute Gasteiger partial charge is 0.120 e. The van der Waals surface area contributed by atoms with E-state index in [2.05, 4.69) is 32.2 Å². The lowest BCUT2D eigenvalue weighted by Gasteiger charge is -2.19. The molecule has 0 saturated heterocycles. The van der Waals surface area contributed by atoms with E-state index in [1.54, 1.807) is 7.11 Å². The van der Waals surface area contributed by atoms with Crippen LogP contribution in [0.2, 0.25) is 0 Å². The maximum atomic E-state index is 5.16. The second-order valence-corrected chi connectivity index (χ2v) is 3.91. The lowest BCUT2D eigenvalue weighted by molar-refractivity contribution is 0.415. The van der Waals surface area contributed by atoms with Gasteiger partial charge in [0.15, 0.2) is 0 Å². The van der Waals surface area contributed by atoms with E-state index in [1.807, 2.05) is 18.2 Å². The van der Waals surface area contributed by atoms with E-state index in [1.165, 1.54) is 0 Å². The molecule has 78 valence electrons. The second-order valence-electron chi connectivity index (χ2n) is 3.91. The molecule has 1 atom stereocenters. The predicted octanol–water partition coefficient (Wildman–Crippen LogP) is 3.15. The van der Waals surface area contributed by atoms with Gasteiger partial charge in [-0.05, 0) is 25.0 Å². The molecule has 0 spiro atoms. The van der Waals surface area contributed by atoms with Gasteiger partial charge in [0, 0.05) is 17.8 Å². The third kappa shape index (κ3) is 2.95. The Kier molecular flexibility index (Phi) is 3.81. The highest BCUT2D eigenvalue weighted by atomic mass is 16.5. The third-order valence-electron chi connectivity index (χ3n) is 2.46. The SMILES string of the molecule is COc1cccc(N[C@H](C)C(C)C)c1. The standard InChI is InChI=1S/C12H19NO/c1-9(2)10(3)13-11-6-5-7-12(8-11)14-4/h5-10,13H,1-4H3/t10-/m1/s1. The first-order valence-electron chi connectivity index (χ1n) is 5.04. The highest BCUT2D eigenvalue weighted by molar-refractivity contribution is 5.48. The van der Waals surface area contributed by atoms with Crippen LogP contribution in [0.25, 0.3) is 0 Å². The zero-order valence-corrected chi connectivity index (χ0v) is 9.37. The molecule has 1 rings (SSSR count). The Balaban J connectivity index is 2.66. The van der Waals surface area contributed by atoms with Crippen molar-refractivity contribution in [1.82, 2.24) is 0 Å². The number of benzene rings is 1. The van der Waals surface area contributed by atoms with Gasteiger partial charge in [-0.15, -0.1) is 0 Å². The summed E-state index contributed by atoms with van der Waals surface area (Å²) in [5.74, 6) is 1.52. The number of ether oxygens (including phenoxy) is 1. The second kappa shape index (κ2) is 4.89. The van der Waals surface area contributed by atoms with Crippen LogP contribution in [0.1, 0.15) is 20.8 Å². The van der Waals surface area contributed by atoms with Crippen LogP contribution in [0.5, 0.6) is 5.75 Å². The molecular weight excluding hydrogens is 174 g/mol. The van der Waals surface area contributed by atoms with Gasteiger partial charge in [-0.2, -0.15) is 0 Å². The molecule has 0 aliphatic rings. The summed E-state index contributed by atoms with van der Waals surface area (Å²) in [7, 11) is 1.69. The van der Waals surface area contributed by atoms with Crippen molar-refractivity contribution >= 4 is 5.69 Å². The van der Waals surface area contributed by atoms with Gasteiger partial charge in [-0.25, -0.2) is 0 Å². The molecule has 0 unspecified atom stereocenters. The maximum absolute atomic E-state index is 5.16. The lowest BCUT2D eigenvalue weighted by atomic mass is 10.1. The van der Waals surface area contributed by atoms with Crippen LogP contribution in [0.4, 0.5) is 5.69 Å². The largest absolute Gasteiger partial charge is 0.497 e. The van der Waals surface area contributed by atoms with Gasteiger partial charge in [0.05, 0.1) is 7.11 Å². The fourth-order valence-corrected chi connectivity index (χ4v) is 1.14. The Morgan fingerprint density at radius 1 is 1.21 bits per heavy atom. The highest BCUT2D eigenvalue weighted by Gasteiger charge is 2.06. The summed E-state index contributed by atoms with van der Waals surface area (Å²) in [6, 6.07) is 8.49. The summed E-state index contributed by atoms with van der Waals surface area (Å²) in [4.78, 5) is 0. The van der Waals surface area contributed by atoms with Gasteiger partial charge in [-0.3, -0.25) is 0 Å². The van der Waals surface area contributed by atoms with Crippen LogP contribution < -0.4 is 10.1 Å². The van der Waals surface area contributed by atoms with Crippen molar-refractivity contribution < 1.29 is 4.74 Å². The Bertz CT molecular complexity index is 283. The molecule has 1 aromatic carbocycles. The van der Waals surface area contributed by atoms with Crippen LogP contribution in [-0.2, 0) is 0 Å². The Morgan fingerprint density at radius 3 is 2.50 bits per heavy atom. The van der Waals surface area contributed by atoms with Crippen molar-refractivity contribution in [3.8, 4) is 5.75 Å². The molecule has 1 aromatic rings. The summed E-state index contributed by atoms with van der Waals surface area (Å²) in [6.45, 7) is 6.60. The molecule has 2 heteroatoms. The fourth-order valence-electron chi connectivity index (χ4n) is 1.14. The number of anilines is 1. The number of hydrogen-bond acceptors (Lipinski definition) is 2. The molecule has 0 amide bonds. The number of methoxy groups -OCH3 is 1. The molecule has 0 saturated carbocycles. The van der Waals surface area contributed by atoms with Gasteiger partial charge in [-0.1, -0.05) is 19.9 Å². The summed E-state index contributed by atoms with van der Waals surface area (Å²) in [5.41, 5.74) is 1.12. The molecule has 0 bridgehead atoms. The Morgan fingerprint density at radius 2 is 1.93 bits per heavy atom. The van der Waals surface area contributed by atoms with Crippen molar-refractivity contribution in [2.75, 3.05) is 12.4 Å². The molecule has 0 fully saturated rings. The zero-order chi connectivity index (χ0) is 10.6. The topological polar surface area (TPSA) is 21.3 Å². The van der Waals surface area contributed by atoms with E-state index in [0.29, 0.717) is 12.0 Å². The third-order valence-corrected chi connectivity index (χ3v) is 2.46. The van der Waals surface area contributed by atoms with E-state index in [0.717, 1.165) is 11.4 Å². The minimum Gasteiger partial charge on any atom is -0.497 e. The van der Waals surface area contributed by atoms with Crippen LogP contribution in [0.15, 0.2) is 24.3 Å². The van der Waals surface area contributed by atoms with Crippen molar-refractivity contribution in [2.45, 2.75) is 26.8 Å². The van der Waals surface area contributed by atoms with Crippen molar-refractivity contribution in [2.24, 2.45) is 5.92 Å². The van der Waals surface area contributed by atoms with Crippen LogP contribution in [0.3, 0.4) is 0 Å². The van der Waals surface area contributed by atoms with E-state index in [9.17, 15) is 0 Å². The van der Waals surface area contributed by atoms with Crippen LogP contribution >= 0.6 is 0 Å². The summed E-state index contributed by atoms with van der Waals surface area (Å²) < 4.78 is 5.16. The van der Waals surface area contributed by atoms with E-state index < -0.39 is 0 Å². The highest BCUT2D eigenvalue weighted by Crippen LogP contribution is 2.18. The maximum Gasteiger partial charge on any atom is 0.120 e. The monoisotopic (exact) mass is 193 g/mol. The van der Waals surface area contributed by atoms with Gasteiger partial charge < -0.3 is 10.1 Å². The Hall–Kier alpha value is -1.18. The van der Waals surface area contributed by atoms with Gasteiger partial charge in [0.1, 0.15) is 5.75 Å². The summed E-state index contributed by atoms with van der Waals surface area (Å²) in [5, 5.41) is 3.44. The van der Waals surface area contributed by atoms with Gasteiger partial charge in [0.2, 0.25) is 0 Å². The van der Waals surface area contributed by atoms with Crippen molar-refractivity contribution in [1.29, 1.82) is 0 Å². The van der Waals surface area contributed by atoms with E-state index >= 15 is 0 Å². The minimum atomic E-state index is 0.474. The minimum absolute atomic E-state index is 0.474. The van der Waals surface area contributed by atoms with Crippen molar-refractivity contribution in [3.05, 3.63) is 24.3 Å². The zero-order valence-electron chi connectivity index (χ0n) is 9.37. The van der Waals surface area contributed by atoms with E-state index in [-0.39, 0.29) is 0 Å². The molecule has 0 heterocycles. The van der Waals surface area contributed by atoms with Gasteiger partial charge in [0.25, 0.3) is 0 Å². The normalized spacial score (nSPS) is 12.6. The Labute approximate surface area is 86.3 Å². The van der Waals surface area contributed by atoms with E-state index in [4.69, 9.17) is 4.74 Å². The molecule has 1 N–H and O–H groups in total. The molecule has 2 nitrogen and oxygen atoms in total. The average molecular weight is 193 g/mol. The van der Waals surface area contributed by atoms with Crippen LogP contribution in [-0.4, -0.2) is 13.2 Å². The predicted molar refractivity (Wildman–Crippen MR) is 60.9 cm³/mol.